The van der Waals surface area contributed by atoms with E-state index in [0.717, 1.165) is 18.5 Å². The van der Waals surface area contributed by atoms with Crippen LogP contribution in [0.25, 0.3) is 0 Å². The molecule has 1 nitrogen and oxygen atoms in total. The number of thioether (sulfide) groups is 1. The van der Waals surface area contributed by atoms with Crippen molar-refractivity contribution in [3.8, 4) is 0 Å². The Morgan fingerprint density at radius 1 is 1.31 bits per heavy atom. The molecule has 0 aliphatic carbocycles. The highest BCUT2D eigenvalue weighted by atomic mass is 32.2. The molecule has 0 amide bonds. The molecule has 70 valence electrons. The molecule has 0 saturated carbocycles. The fraction of sp³-hybridized carbons (Fsp3) is 0.364. The molecule has 2 heteroatoms. The van der Waals surface area contributed by atoms with E-state index in [2.05, 4.69) is 31.2 Å². The Bertz CT molecular complexity index is 253. The van der Waals surface area contributed by atoms with Crippen molar-refractivity contribution < 1.29 is 4.79 Å². The number of rotatable bonds is 5. The van der Waals surface area contributed by atoms with Crippen LogP contribution in [0.4, 0.5) is 0 Å². The summed E-state index contributed by atoms with van der Waals surface area (Å²) in [6, 6.07) is 8.52. The van der Waals surface area contributed by atoms with E-state index in [4.69, 9.17) is 0 Å². The number of hydrogen-bond donors (Lipinski definition) is 0. The normalized spacial score (nSPS) is 9.92. The lowest BCUT2D eigenvalue weighted by molar-refractivity contribution is -0.107. The van der Waals surface area contributed by atoms with Crippen molar-refractivity contribution in [3.05, 3.63) is 29.8 Å². The first-order valence-electron chi connectivity index (χ1n) is 4.52. The summed E-state index contributed by atoms with van der Waals surface area (Å²) in [6.07, 6.45) is 2.69. The van der Waals surface area contributed by atoms with Gasteiger partial charge < -0.3 is 4.79 Å². The van der Waals surface area contributed by atoms with Gasteiger partial charge in [-0.25, -0.2) is 0 Å². The maximum Gasteiger partial charge on any atom is 0.120 e. The molecule has 1 aromatic carbocycles. The number of benzene rings is 1. The molecule has 0 unspecified atom stereocenters. The quantitative estimate of drug-likeness (QED) is 0.407. The average molecular weight is 194 g/mol. The first-order valence-corrected chi connectivity index (χ1v) is 5.50. The van der Waals surface area contributed by atoms with E-state index in [0.29, 0.717) is 6.42 Å². The molecule has 0 atom stereocenters. The minimum Gasteiger partial charge on any atom is -0.303 e. The molecule has 0 fully saturated rings. The lowest BCUT2D eigenvalue weighted by Crippen LogP contribution is -1.82. The second kappa shape index (κ2) is 5.81. The smallest absolute Gasteiger partial charge is 0.120 e. The van der Waals surface area contributed by atoms with Gasteiger partial charge in [-0.3, -0.25) is 0 Å². The van der Waals surface area contributed by atoms with Crippen LogP contribution in [0, 0.1) is 0 Å². The molecule has 0 radical (unpaired) electrons. The molecule has 1 rings (SSSR count). The van der Waals surface area contributed by atoms with Gasteiger partial charge in [-0.15, -0.1) is 11.8 Å². The van der Waals surface area contributed by atoms with E-state index in [1.807, 2.05) is 0 Å². The number of aryl methyl sites for hydroxylation is 1. The molecule has 13 heavy (non-hydrogen) atoms. The van der Waals surface area contributed by atoms with Gasteiger partial charge in [-0.2, -0.15) is 0 Å². The topological polar surface area (TPSA) is 17.1 Å². The summed E-state index contributed by atoms with van der Waals surface area (Å²) in [5.74, 6) is 0.884. The first kappa shape index (κ1) is 10.3. The predicted molar refractivity (Wildman–Crippen MR) is 57.2 cm³/mol. The second-order valence-electron chi connectivity index (χ2n) is 2.80. The summed E-state index contributed by atoms with van der Waals surface area (Å²) in [4.78, 5) is 11.3. The molecule has 0 aliphatic heterocycles. The molecular formula is C11H14OS. The Balaban J connectivity index is 2.44. The monoisotopic (exact) mass is 194 g/mol. The minimum absolute atomic E-state index is 0.639. The van der Waals surface area contributed by atoms with Gasteiger partial charge >= 0.3 is 0 Å². The third-order valence-electron chi connectivity index (χ3n) is 1.84. The van der Waals surface area contributed by atoms with Crippen LogP contribution >= 0.6 is 11.8 Å². The standard InChI is InChI=1S/C11H14OS/c1-2-10-4-6-11(7-5-10)13-9-3-8-12/h4-8H,2-3,9H2,1H3. The van der Waals surface area contributed by atoms with Gasteiger partial charge in [0.15, 0.2) is 0 Å². The maximum atomic E-state index is 10.1. The van der Waals surface area contributed by atoms with E-state index in [9.17, 15) is 4.79 Å². The highest BCUT2D eigenvalue weighted by Gasteiger charge is 1.93. The van der Waals surface area contributed by atoms with Crippen LogP contribution in [0.1, 0.15) is 18.9 Å². The van der Waals surface area contributed by atoms with Crippen LogP contribution in [0.15, 0.2) is 29.2 Å². The molecular weight excluding hydrogens is 180 g/mol. The van der Waals surface area contributed by atoms with Crippen molar-refractivity contribution in [2.75, 3.05) is 5.75 Å². The number of hydrogen-bond acceptors (Lipinski definition) is 2. The van der Waals surface area contributed by atoms with Crippen molar-refractivity contribution in [2.24, 2.45) is 0 Å². The van der Waals surface area contributed by atoms with Crippen molar-refractivity contribution in [1.29, 1.82) is 0 Å². The van der Waals surface area contributed by atoms with Gasteiger partial charge in [-0.05, 0) is 24.1 Å². The van der Waals surface area contributed by atoms with E-state index in [1.54, 1.807) is 11.8 Å². The largest absolute Gasteiger partial charge is 0.303 e. The van der Waals surface area contributed by atoms with Gasteiger partial charge in [0, 0.05) is 17.1 Å². The zero-order valence-electron chi connectivity index (χ0n) is 7.82. The summed E-state index contributed by atoms with van der Waals surface area (Å²) in [5.41, 5.74) is 1.36. The molecule has 0 bridgehead atoms. The number of carbonyl (C=O) groups excluding carboxylic acids is 1. The summed E-state index contributed by atoms with van der Waals surface area (Å²) < 4.78 is 0. The van der Waals surface area contributed by atoms with E-state index < -0.39 is 0 Å². The average Bonchev–Trinajstić information content (AvgIpc) is 2.19. The molecule has 0 N–H and O–H groups in total. The van der Waals surface area contributed by atoms with Crippen LogP contribution in [-0.2, 0) is 11.2 Å². The van der Waals surface area contributed by atoms with Crippen molar-refractivity contribution in [2.45, 2.75) is 24.7 Å². The fourth-order valence-electron chi connectivity index (χ4n) is 1.05. The van der Waals surface area contributed by atoms with Gasteiger partial charge in [-0.1, -0.05) is 19.1 Å². The third kappa shape index (κ3) is 3.64. The summed E-state index contributed by atoms with van der Waals surface area (Å²) in [6.45, 7) is 2.15. The van der Waals surface area contributed by atoms with Gasteiger partial charge in [0.2, 0.25) is 0 Å². The lowest BCUT2D eigenvalue weighted by Gasteiger charge is -2.00. The van der Waals surface area contributed by atoms with Crippen LogP contribution in [0.5, 0.6) is 0 Å². The highest BCUT2D eigenvalue weighted by molar-refractivity contribution is 7.99. The third-order valence-corrected chi connectivity index (χ3v) is 2.88. The summed E-state index contributed by atoms with van der Waals surface area (Å²) >= 11 is 1.73. The highest BCUT2D eigenvalue weighted by Crippen LogP contribution is 2.18. The maximum absolute atomic E-state index is 10.1. The van der Waals surface area contributed by atoms with Gasteiger partial charge in [0.05, 0.1) is 0 Å². The Kier molecular flexibility index (Phi) is 4.61. The van der Waals surface area contributed by atoms with E-state index >= 15 is 0 Å². The Morgan fingerprint density at radius 2 is 2.00 bits per heavy atom. The van der Waals surface area contributed by atoms with Crippen molar-refractivity contribution in [3.63, 3.8) is 0 Å². The first-order chi connectivity index (χ1) is 6.36. The number of aldehydes is 1. The molecule has 0 saturated heterocycles. The minimum atomic E-state index is 0.639. The molecule has 1 aromatic rings. The van der Waals surface area contributed by atoms with E-state index in [1.165, 1.54) is 10.5 Å². The van der Waals surface area contributed by atoms with Crippen LogP contribution in [0.2, 0.25) is 0 Å². The van der Waals surface area contributed by atoms with Crippen molar-refractivity contribution >= 4 is 18.0 Å². The number of carbonyl (C=O) groups is 1. The second-order valence-corrected chi connectivity index (χ2v) is 3.97. The molecule has 0 aliphatic rings. The molecule has 0 aromatic heterocycles. The van der Waals surface area contributed by atoms with Crippen LogP contribution in [-0.4, -0.2) is 12.0 Å². The Hall–Kier alpha value is -0.760. The van der Waals surface area contributed by atoms with Crippen LogP contribution in [0.3, 0.4) is 0 Å². The van der Waals surface area contributed by atoms with Gasteiger partial charge in [0.25, 0.3) is 0 Å². The van der Waals surface area contributed by atoms with Gasteiger partial charge in [0.1, 0.15) is 6.29 Å². The van der Waals surface area contributed by atoms with Crippen LogP contribution < -0.4 is 0 Å². The fourth-order valence-corrected chi connectivity index (χ4v) is 1.82. The zero-order chi connectivity index (χ0) is 9.52. The molecule has 0 spiro atoms. The zero-order valence-corrected chi connectivity index (χ0v) is 8.64. The van der Waals surface area contributed by atoms with E-state index in [-0.39, 0.29) is 0 Å². The van der Waals surface area contributed by atoms with Crippen molar-refractivity contribution in [1.82, 2.24) is 0 Å². The SMILES string of the molecule is CCc1ccc(SCCC=O)cc1. The lowest BCUT2D eigenvalue weighted by atomic mass is 10.2. The summed E-state index contributed by atoms with van der Waals surface area (Å²) in [7, 11) is 0. The summed E-state index contributed by atoms with van der Waals surface area (Å²) in [5, 5.41) is 0. The Labute approximate surface area is 83.5 Å². The predicted octanol–water partition coefficient (Wildman–Crippen LogP) is 2.93. The Morgan fingerprint density at radius 3 is 2.54 bits per heavy atom. The molecule has 0 heterocycles.